The first kappa shape index (κ1) is 20.7. The lowest BCUT2D eigenvalue weighted by Crippen LogP contribution is -2.42. The topological polar surface area (TPSA) is 143 Å². The molecule has 0 aliphatic rings. The molecule has 0 bridgehead atoms. The predicted molar refractivity (Wildman–Crippen MR) is 95.9 cm³/mol. The smallest absolute Gasteiger partial charge is 0.339 e. The van der Waals surface area contributed by atoms with Gasteiger partial charge in [0.2, 0.25) is 0 Å². The molecule has 0 aliphatic carbocycles. The third-order valence-corrected chi connectivity index (χ3v) is 3.85. The van der Waals surface area contributed by atoms with Crippen molar-refractivity contribution in [3.63, 3.8) is 0 Å². The van der Waals surface area contributed by atoms with Gasteiger partial charge in [-0.3, -0.25) is 10.1 Å². The van der Waals surface area contributed by atoms with E-state index >= 15 is 0 Å². The van der Waals surface area contributed by atoms with Crippen molar-refractivity contribution in [3.05, 3.63) is 40.8 Å². The fraction of sp³-hybridized carbons (Fsp3) is 0.333. The summed E-state index contributed by atoms with van der Waals surface area (Å²) in [5, 5.41) is 5.69. The van der Waals surface area contributed by atoms with Crippen LogP contribution in [0.25, 0.3) is 0 Å². The van der Waals surface area contributed by atoms with E-state index in [-0.39, 0.29) is 12.2 Å². The number of primary amides is 1. The maximum atomic E-state index is 12.2. The molecular weight excluding hydrogens is 370 g/mol. The van der Waals surface area contributed by atoms with E-state index in [1.807, 2.05) is 5.32 Å². The minimum absolute atomic E-state index is 0.139. The van der Waals surface area contributed by atoms with Crippen LogP contribution in [0.4, 0.5) is 4.79 Å². The molecule has 1 heterocycles. The molecule has 1 atom stereocenters. The second-order valence-corrected chi connectivity index (χ2v) is 5.86. The fourth-order valence-electron chi connectivity index (χ4n) is 2.28. The first-order valence-electron chi connectivity index (χ1n) is 8.26. The van der Waals surface area contributed by atoms with Gasteiger partial charge in [0.25, 0.3) is 5.91 Å². The number of methoxy groups -OCH3 is 1. The summed E-state index contributed by atoms with van der Waals surface area (Å²) in [6.45, 7) is 5.12. The number of ether oxygens (including phenoxy) is 3. The number of nitrogens with zero attached hydrogens (tertiary/aromatic N) is 1. The Kier molecular flexibility index (Phi) is 6.59. The molecule has 0 aliphatic heterocycles. The van der Waals surface area contributed by atoms with Gasteiger partial charge in [-0.25, -0.2) is 9.59 Å². The minimum Gasteiger partial charge on any atom is -0.493 e. The van der Waals surface area contributed by atoms with Crippen molar-refractivity contribution in [2.45, 2.75) is 33.5 Å². The lowest BCUT2D eigenvalue weighted by molar-refractivity contribution is -0.127. The van der Waals surface area contributed by atoms with Crippen LogP contribution in [0, 0.1) is 13.8 Å². The zero-order valence-corrected chi connectivity index (χ0v) is 15.9. The SMILES string of the molecule is COc1cc(C(=O)OC(C)C(=O)NC(N)=O)ccc1OCc1c(C)noc1C. The van der Waals surface area contributed by atoms with E-state index in [9.17, 15) is 14.4 Å². The molecule has 10 heteroatoms. The first-order valence-corrected chi connectivity index (χ1v) is 8.26. The number of carbonyl (C=O) groups is 3. The molecule has 1 unspecified atom stereocenters. The highest BCUT2D eigenvalue weighted by atomic mass is 16.5. The summed E-state index contributed by atoms with van der Waals surface area (Å²) in [6, 6.07) is 3.40. The number of rotatable bonds is 7. The largest absolute Gasteiger partial charge is 0.493 e. The van der Waals surface area contributed by atoms with Crippen molar-refractivity contribution in [2.24, 2.45) is 5.73 Å². The summed E-state index contributed by atoms with van der Waals surface area (Å²) in [6.07, 6.45) is -1.21. The van der Waals surface area contributed by atoms with E-state index in [2.05, 4.69) is 5.16 Å². The maximum Gasteiger partial charge on any atom is 0.339 e. The first-order chi connectivity index (χ1) is 13.2. The van der Waals surface area contributed by atoms with Gasteiger partial charge in [-0.05, 0) is 39.0 Å². The number of nitrogens with two attached hydrogens (primary N) is 1. The zero-order valence-electron chi connectivity index (χ0n) is 15.9. The van der Waals surface area contributed by atoms with Gasteiger partial charge in [0.1, 0.15) is 12.4 Å². The van der Waals surface area contributed by atoms with Gasteiger partial charge in [-0.2, -0.15) is 0 Å². The second kappa shape index (κ2) is 8.89. The Morgan fingerprint density at radius 1 is 1.25 bits per heavy atom. The number of aromatic nitrogens is 1. The van der Waals surface area contributed by atoms with Gasteiger partial charge in [-0.15, -0.1) is 0 Å². The second-order valence-electron chi connectivity index (χ2n) is 5.86. The number of imide groups is 1. The van der Waals surface area contributed by atoms with Crippen LogP contribution in [0.5, 0.6) is 11.5 Å². The van der Waals surface area contributed by atoms with Crippen LogP contribution in [-0.4, -0.2) is 36.3 Å². The molecule has 1 aromatic heterocycles. The molecule has 0 fully saturated rings. The monoisotopic (exact) mass is 391 g/mol. The molecule has 2 aromatic rings. The lowest BCUT2D eigenvalue weighted by atomic mass is 10.2. The van der Waals surface area contributed by atoms with Crippen molar-refractivity contribution in [1.29, 1.82) is 0 Å². The minimum atomic E-state index is -1.21. The molecule has 28 heavy (non-hydrogen) atoms. The normalized spacial score (nSPS) is 11.4. The highest BCUT2D eigenvalue weighted by Crippen LogP contribution is 2.30. The zero-order chi connectivity index (χ0) is 20.8. The Morgan fingerprint density at radius 2 is 1.96 bits per heavy atom. The van der Waals surface area contributed by atoms with Crippen LogP contribution >= 0.6 is 0 Å². The number of benzene rings is 1. The van der Waals surface area contributed by atoms with Gasteiger partial charge in [0.15, 0.2) is 17.6 Å². The Bertz CT molecular complexity index is 872. The Hall–Kier alpha value is -3.56. The average molecular weight is 391 g/mol. The van der Waals surface area contributed by atoms with Crippen LogP contribution in [0.3, 0.4) is 0 Å². The summed E-state index contributed by atoms with van der Waals surface area (Å²) < 4.78 is 21.1. The van der Waals surface area contributed by atoms with Gasteiger partial charge in [-0.1, -0.05) is 5.16 Å². The van der Waals surface area contributed by atoms with Crippen LogP contribution in [-0.2, 0) is 16.1 Å². The van der Waals surface area contributed by atoms with E-state index in [0.717, 1.165) is 11.3 Å². The van der Waals surface area contributed by atoms with Crippen LogP contribution in [0.15, 0.2) is 22.7 Å². The number of esters is 1. The summed E-state index contributed by atoms with van der Waals surface area (Å²) in [5.41, 5.74) is 6.54. The Morgan fingerprint density at radius 3 is 2.54 bits per heavy atom. The van der Waals surface area contributed by atoms with Crippen molar-refractivity contribution < 1.29 is 33.1 Å². The van der Waals surface area contributed by atoms with E-state index in [1.165, 1.54) is 26.2 Å². The molecule has 150 valence electrons. The van der Waals surface area contributed by atoms with Gasteiger partial charge in [0.05, 0.1) is 23.9 Å². The van der Waals surface area contributed by atoms with Gasteiger partial charge < -0.3 is 24.5 Å². The third-order valence-electron chi connectivity index (χ3n) is 3.85. The highest BCUT2D eigenvalue weighted by Gasteiger charge is 2.21. The van der Waals surface area contributed by atoms with Crippen LogP contribution in [0.1, 0.15) is 34.3 Å². The van der Waals surface area contributed by atoms with Gasteiger partial charge >= 0.3 is 12.0 Å². The lowest BCUT2D eigenvalue weighted by Gasteiger charge is -2.14. The molecule has 0 saturated carbocycles. The number of hydrogen-bond donors (Lipinski definition) is 2. The number of hydrogen-bond acceptors (Lipinski definition) is 8. The Balaban J connectivity index is 2.08. The summed E-state index contributed by atoms with van der Waals surface area (Å²) in [7, 11) is 1.43. The maximum absolute atomic E-state index is 12.2. The van der Waals surface area contributed by atoms with E-state index in [4.69, 9.17) is 24.5 Å². The van der Waals surface area contributed by atoms with Gasteiger partial charge in [0, 0.05) is 0 Å². The standard InChI is InChI=1S/C18H21N3O7/c1-9-13(10(2)28-21-9)8-26-14-6-5-12(7-15(14)25-4)17(23)27-11(3)16(22)20-18(19)24/h5-7,11H,8H2,1-4H3,(H3,19,20,22,24). The van der Waals surface area contributed by atoms with Crippen LogP contribution < -0.4 is 20.5 Å². The van der Waals surface area contributed by atoms with E-state index < -0.39 is 24.0 Å². The summed E-state index contributed by atoms with van der Waals surface area (Å²) >= 11 is 0. The third kappa shape index (κ3) is 5.00. The summed E-state index contributed by atoms with van der Waals surface area (Å²) in [5.74, 6) is -0.246. The van der Waals surface area contributed by atoms with Crippen LogP contribution in [0.2, 0.25) is 0 Å². The van der Waals surface area contributed by atoms with Crippen molar-refractivity contribution in [3.8, 4) is 11.5 Å². The average Bonchev–Trinajstić information content (AvgIpc) is 2.97. The predicted octanol–water partition coefficient (Wildman–Crippen LogP) is 1.62. The number of amides is 3. The molecule has 2 rings (SSSR count). The molecule has 0 spiro atoms. The molecule has 10 nitrogen and oxygen atoms in total. The molecule has 1 aromatic carbocycles. The number of nitrogens with one attached hydrogen (secondary N) is 1. The highest BCUT2D eigenvalue weighted by molar-refractivity contribution is 5.98. The van der Waals surface area contributed by atoms with E-state index in [1.54, 1.807) is 19.9 Å². The molecule has 0 radical (unpaired) electrons. The molecule has 3 N–H and O–H groups in total. The molecular formula is C18H21N3O7. The molecule has 3 amide bonds. The number of aryl methyl sites for hydroxylation is 2. The molecule has 0 saturated heterocycles. The number of carbonyl (C=O) groups excluding carboxylic acids is 3. The fourth-order valence-corrected chi connectivity index (χ4v) is 2.28. The van der Waals surface area contributed by atoms with Crippen molar-refractivity contribution in [2.75, 3.05) is 7.11 Å². The van der Waals surface area contributed by atoms with Crippen molar-refractivity contribution >= 4 is 17.9 Å². The number of urea groups is 1. The van der Waals surface area contributed by atoms with E-state index in [0.29, 0.717) is 17.3 Å². The quantitative estimate of drug-likeness (QED) is 0.678. The summed E-state index contributed by atoms with van der Waals surface area (Å²) in [4.78, 5) is 34.5. The Labute approximate surface area is 160 Å². The van der Waals surface area contributed by atoms with Crippen molar-refractivity contribution in [1.82, 2.24) is 10.5 Å².